The Labute approximate surface area is 213 Å². The van der Waals surface area contributed by atoms with Crippen LogP contribution in [0.4, 0.5) is 13.2 Å². The molecule has 37 heavy (non-hydrogen) atoms. The van der Waals surface area contributed by atoms with Gasteiger partial charge in [0.1, 0.15) is 12.7 Å². The van der Waals surface area contributed by atoms with Crippen LogP contribution in [0.25, 0.3) is 11.8 Å². The number of hydrogen-bond acceptors (Lipinski definition) is 4. The molecule has 5 nitrogen and oxygen atoms in total. The first kappa shape index (κ1) is 25.9. The third kappa shape index (κ3) is 6.33. The fourth-order valence-corrected chi connectivity index (χ4v) is 3.75. The normalized spacial score (nSPS) is 13.3. The molecule has 0 saturated carbocycles. The molecule has 4 aromatic rings. The lowest BCUT2D eigenvalue weighted by molar-refractivity contribution is -0.137. The predicted octanol–water partition coefficient (Wildman–Crippen LogP) is 7.19. The number of aromatic nitrogens is 3. The van der Waals surface area contributed by atoms with Crippen LogP contribution in [0.1, 0.15) is 59.5 Å². The van der Waals surface area contributed by atoms with Crippen LogP contribution in [0.15, 0.2) is 91.5 Å². The second-order valence-electron chi connectivity index (χ2n) is 9.55. The van der Waals surface area contributed by atoms with Crippen molar-refractivity contribution in [3.05, 3.63) is 119 Å². The molecule has 0 saturated heterocycles. The summed E-state index contributed by atoms with van der Waals surface area (Å²) in [6, 6.07) is 21.0. The van der Waals surface area contributed by atoms with Crippen molar-refractivity contribution in [2.24, 2.45) is 0 Å². The Morgan fingerprint density at radius 2 is 1.51 bits per heavy atom. The average molecular weight is 506 g/mol. The molecular weight excluding hydrogens is 479 g/mol. The second-order valence-corrected chi connectivity index (χ2v) is 9.55. The van der Waals surface area contributed by atoms with E-state index in [1.54, 1.807) is 30.3 Å². The van der Waals surface area contributed by atoms with Gasteiger partial charge >= 0.3 is 12.1 Å². The lowest BCUT2D eigenvalue weighted by Gasteiger charge is -2.22. The van der Waals surface area contributed by atoms with Crippen LogP contribution in [0, 0.1) is 0 Å². The molecule has 1 atom stereocenters. The Kier molecular flexibility index (Phi) is 7.29. The molecule has 8 heteroatoms. The van der Waals surface area contributed by atoms with E-state index in [9.17, 15) is 18.0 Å². The third-order valence-corrected chi connectivity index (χ3v) is 5.82. The number of halogens is 3. The zero-order chi connectivity index (χ0) is 26.6. The molecular formula is C29H26F3N3O2. The molecule has 4 rings (SSSR count). The zero-order valence-corrected chi connectivity index (χ0v) is 20.6. The van der Waals surface area contributed by atoms with Gasteiger partial charge in [-0.3, -0.25) is 0 Å². The molecule has 3 aromatic carbocycles. The van der Waals surface area contributed by atoms with Gasteiger partial charge in [-0.2, -0.15) is 18.3 Å². The number of benzene rings is 3. The van der Waals surface area contributed by atoms with Crippen LogP contribution in [-0.2, 0) is 16.3 Å². The Balaban J connectivity index is 1.74. The van der Waals surface area contributed by atoms with Crippen molar-refractivity contribution in [3.63, 3.8) is 0 Å². The molecule has 0 spiro atoms. The molecule has 0 N–H and O–H groups in total. The molecule has 1 aromatic heterocycles. The fourth-order valence-electron chi connectivity index (χ4n) is 3.75. The number of ether oxygens (including phenoxy) is 1. The van der Waals surface area contributed by atoms with Gasteiger partial charge in [0.15, 0.2) is 6.10 Å². The van der Waals surface area contributed by atoms with Crippen molar-refractivity contribution < 1.29 is 22.7 Å². The summed E-state index contributed by atoms with van der Waals surface area (Å²) >= 11 is 0. The van der Waals surface area contributed by atoms with Gasteiger partial charge in [-0.1, -0.05) is 75.4 Å². The highest BCUT2D eigenvalue weighted by Crippen LogP contribution is 2.33. The van der Waals surface area contributed by atoms with Gasteiger partial charge in [0.05, 0.1) is 16.8 Å². The molecule has 0 aliphatic heterocycles. The summed E-state index contributed by atoms with van der Waals surface area (Å²) in [4.78, 5) is 17.3. The molecule has 0 aliphatic rings. The van der Waals surface area contributed by atoms with Gasteiger partial charge in [-0.15, -0.1) is 0 Å². The average Bonchev–Trinajstić information content (AvgIpc) is 3.41. The first-order chi connectivity index (χ1) is 17.5. The fraction of sp³-hybridized carbons (Fsp3) is 0.207. The Morgan fingerprint density at radius 1 is 0.892 bits per heavy atom. The monoisotopic (exact) mass is 505 g/mol. The highest BCUT2D eigenvalue weighted by Gasteiger charge is 2.30. The summed E-state index contributed by atoms with van der Waals surface area (Å²) in [5.41, 5.74) is 2.18. The Morgan fingerprint density at radius 3 is 2.05 bits per heavy atom. The molecule has 0 radical (unpaired) electrons. The van der Waals surface area contributed by atoms with Crippen molar-refractivity contribution >= 4 is 17.7 Å². The molecule has 1 unspecified atom stereocenters. The number of hydrogen-bond donors (Lipinski definition) is 0. The number of carbonyl (C=O) groups is 1. The summed E-state index contributed by atoms with van der Waals surface area (Å²) in [5.74, 6) is -0.548. The number of alkyl halides is 3. The standard InChI is InChI=1S/C29H26F3N3O2/c1-28(2,3)23-15-11-22(12-16-23)27(36)37-26(21-7-5-4-6-8-21)25(35-19-33-18-34-35)17-20-9-13-24(14-10-20)29(30,31)32/h4-19,26H,1-3H3/b25-17+. The quantitative estimate of drug-likeness (QED) is 0.260. The molecule has 0 amide bonds. The van der Waals surface area contributed by atoms with Crippen LogP contribution >= 0.6 is 0 Å². The number of rotatable bonds is 6. The van der Waals surface area contributed by atoms with Gasteiger partial charge in [-0.05, 0) is 52.4 Å². The minimum atomic E-state index is -4.44. The molecule has 0 fully saturated rings. The van der Waals surface area contributed by atoms with E-state index in [2.05, 4.69) is 30.9 Å². The van der Waals surface area contributed by atoms with E-state index in [0.29, 0.717) is 22.4 Å². The second kappa shape index (κ2) is 10.4. The molecule has 190 valence electrons. The largest absolute Gasteiger partial charge is 0.447 e. The van der Waals surface area contributed by atoms with E-state index in [-0.39, 0.29) is 5.41 Å². The SMILES string of the molecule is CC(C)(C)c1ccc(C(=O)OC(/C(=C\c2ccc(C(F)(F)F)cc2)n2cncn2)c2ccccc2)cc1. The summed E-state index contributed by atoms with van der Waals surface area (Å²) < 4.78 is 46.6. The van der Waals surface area contributed by atoms with E-state index in [0.717, 1.165) is 17.7 Å². The summed E-state index contributed by atoms with van der Waals surface area (Å²) in [6.45, 7) is 6.26. The lowest BCUT2D eigenvalue weighted by Crippen LogP contribution is -2.17. The van der Waals surface area contributed by atoms with Gasteiger partial charge in [0, 0.05) is 0 Å². The maximum absolute atomic E-state index is 13.3. The third-order valence-electron chi connectivity index (χ3n) is 5.82. The maximum Gasteiger partial charge on any atom is 0.416 e. The predicted molar refractivity (Wildman–Crippen MR) is 135 cm³/mol. The van der Waals surface area contributed by atoms with E-state index >= 15 is 0 Å². The molecule has 0 aliphatic carbocycles. The van der Waals surface area contributed by atoms with E-state index < -0.39 is 23.8 Å². The minimum absolute atomic E-state index is 0.0698. The van der Waals surface area contributed by atoms with Crippen LogP contribution in [0.3, 0.4) is 0 Å². The van der Waals surface area contributed by atoms with Crippen molar-refractivity contribution in [2.75, 3.05) is 0 Å². The van der Waals surface area contributed by atoms with E-state index in [1.807, 2.05) is 30.3 Å². The van der Waals surface area contributed by atoms with E-state index in [4.69, 9.17) is 4.74 Å². The summed E-state index contributed by atoms with van der Waals surface area (Å²) in [7, 11) is 0. The van der Waals surface area contributed by atoms with Crippen molar-refractivity contribution in [2.45, 2.75) is 38.5 Å². The maximum atomic E-state index is 13.3. The molecule has 0 bridgehead atoms. The van der Waals surface area contributed by atoms with E-state index in [1.165, 1.54) is 29.5 Å². The highest BCUT2D eigenvalue weighted by molar-refractivity contribution is 5.90. The van der Waals surface area contributed by atoms with Crippen LogP contribution in [0.2, 0.25) is 0 Å². The first-order valence-corrected chi connectivity index (χ1v) is 11.6. The van der Waals surface area contributed by atoms with Crippen molar-refractivity contribution in [1.29, 1.82) is 0 Å². The zero-order valence-electron chi connectivity index (χ0n) is 20.6. The summed E-state index contributed by atoms with van der Waals surface area (Å²) in [6.07, 6.45) is -0.961. The van der Waals surface area contributed by atoms with Crippen LogP contribution in [0.5, 0.6) is 0 Å². The number of nitrogens with zero attached hydrogens (tertiary/aromatic N) is 3. The topological polar surface area (TPSA) is 57.0 Å². The van der Waals surface area contributed by atoms with Gasteiger partial charge in [0.25, 0.3) is 0 Å². The van der Waals surface area contributed by atoms with Crippen LogP contribution in [-0.4, -0.2) is 20.7 Å². The molecule has 1 heterocycles. The van der Waals surface area contributed by atoms with Crippen molar-refractivity contribution in [3.8, 4) is 0 Å². The van der Waals surface area contributed by atoms with Crippen molar-refractivity contribution in [1.82, 2.24) is 14.8 Å². The highest BCUT2D eigenvalue weighted by atomic mass is 19.4. The lowest BCUT2D eigenvalue weighted by atomic mass is 9.87. The smallest absolute Gasteiger partial charge is 0.416 e. The van der Waals surface area contributed by atoms with Gasteiger partial charge in [-0.25, -0.2) is 14.5 Å². The first-order valence-electron chi connectivity index (χ1n) is 11.6. The number of esters is 1. The van der Waals surface area contributed by atoms with Crippen LogP contribution < -0.4 is 0 Å². The Hall–Kier alpha value is -4.20. The summed E-state index contributed by atoms with van der Waals surface area (Å²) in [5, 5.41) is 4.20. The number of carbonyl (C=O) groups excluding carboxylic acids is 1. The Bertz CT molecular complexity index is 1360. The minimum Gasteiger partial charge on any atom is -0.447 e. The van der Waals surface area contributed by atoms with Gasteiger partial charge < -0.3 is 4.74 Å². The van der Waals surface area contributed by atoms with Gasteiger partial charge in [0.2, 0.25) is 0 Å².